The Balaban J connectivity index is 2.05. The van der Waals surface area contributed by atoms with E-state index in [-0.39, 0.29) is 0 Å². The molecule has 0 spiro atoms. The van der Waals surface area contributed by atoms with Crippen LogP contribution >= 0.6 is 0 Å². The average Bonchev–Trinajstić information content (AvgIpc) is 2.65. The molecule has 154 valence electrons. The number of cyclic esters (lactones) is 1. The van der Waals surface area contributed by atoms with Gasteiger partial charge in [-0.3, -0.25) is 9.59 Å². The van der Waals surface area contributed by atoms with Crippen LogP contribution in [0.25, 0.3) is 6.08 Å². The standard InChI is InChI=1S/C20H19FO8/c1-12(22)27-16-8-10-19(25)29-20(16)17(28-13(2)23)11-26-18(24)9-5-14-3-6-15(21)7-4-14/h3-10,16-17,20H,11H2,1-2H3/b9-5+/t16-,17-,20+/m1/s1. The molecular weight excluding hydrogens is 387 g/mol. The molecule has 0 radical (unpaired) electrons. The fraction of sp³-hybridized carbons (Fsp3) is 0.300. The molecule has 0 aliphatic carbocycles. The van der Waals surface area contributed by atoms with E-state index in [1.54, 1.807) is 0 Å². The summed E-state index contributed by atoms with van der Waals surface area (Å²) in [4.78, 5) is 46.2. The highest BCUT2D eigenvalue weighted by Gasteiger charge is 2.39. The maximum Gasteiger partial charge on any atom is 0.331 e. The minimum Gasteiger partial charge on any atom is -0.458 e. The number of hydrogen-bond donors (Lipinski definition) is 0. The third-order valence-electron chi connectivity index (χ3n) is 3.66. The van der Waals surface area contributed by atoms with Crippen LogP contribution in [0.1, 0.15) is 19.4 Å². The van der Waals surface area contributed by atoms with Crippen molar-refractivity contribution in [1.29, 1.82) is 0 Å². The summed E-state index contributed by atoms with van der Waals surface area (Å²) >= 11 is 0. The van der Waals surface area contributed by atoms with Crippen molar-refractivity contribution >= 4 is 30.0 Å². The van der Waals surface area contributed by atoms with Crippen molar-refractivity contribution < 1.29 is 42.5 Å². The van der Waals surface area contributed by atoms with Gasteiger partial charge in [0.1, 0.15) is 12.4 Å². The molecule has 0 unspecified atom stereocenters. The average molecular weight is 406 g/mol. The van der Waals surface area contributed by atoms with E-state index in [9.17, 15) is 23.6 Å². The molecule has 1 aliphatic heterocycles. The number of carbonyl (C=O) groups excluding carboxylic acids is 4. The summed E-state index contributed by atoms with van der Waals surface area (Å²) in [7, 11) is 0. The summed E-state index contributed by atoms with van der Waals surface area (Å²) in [5.41, 5.74) is 0.571. The molecule has 0 amide bonds. The van der Waals surface area contributed by atoms with Crippen molar-refractivity contribution in [2.24, 2.45) is 0 Å². The van der Waals surface area contributed by atoms with E-state index in [2.05, 4.69) is 0 Å². The third kappa shape index (κ3) is 7.21. The molecule has 2 rings (SSSR count). The fourth-order valence-corrected chi connectivity index (χ4v) is 2.47. The van der Waals surface area contributed by atoms with Gasteiger partial charge < -0.3 is 18.9 Å². The van der Waals surface area contributed by atoms with E-state index in [4.69, 9.17) is 18.9 Å². The van der Waals surface area contributed by atoms with E-state index in [1.165, 1.54) is 43.3 Å². The number of rotatable bonds is 7. The zero-order valence-electron chi connectivity index (χ0n) is 15.7. The second-order valence-corrected chi connectivity index (χ2v) is 6.00. The van der Waals surface area contributed by atoms with Gasteiger partial charge in [0, 0.05) is 26.0 Å². The van der Waals surface area contributed by atoms with Crippen molar-refractivity contribution in [2.75, 3.05) is 6.61 Å². The van der Waals surface area contributed by atoms with Crippen LogP contribution in [0.2, 0.25) is 0 Å². The molecule has 9 heteroatoms. The number of halogens is 1. The lowest BCUT2D eigenvalue weighted by Crippen LogP contribution is -2.48. The Kier molecular flexibility index (Phi) is 7.64. The Morgan fingerprint density at radius 3 is 2.48 bits per heavy atom. The Morgan fingerprint density at radius 1 is 1.17 bits per heavy atom. The predicted octanol–water partition coefficient (Wildman–Crippen LogP) is 1.73. The van der Waals surface area contributed by atoms with Gasteiger partial charge in [0.25, 0.3) is 0 Å². The zero-order valence-corrected chi connectivity index (χ0v) is 15.7. The van der Waals surface area contributed by atoms with Crippen molar-refractivity contribution in [3.63, 3.8) is 0 Å². The molecule has 0 saturated heterocycles. The lowest BCUT2D eigenvalue weighted by Gasteiger charge is -2.32. The number of ether oxygens (including phenoxy) is 4. The van der Waals surface area contributed by atoms with Gasteiger partial charge in [-0.1, -0.05) is 12.1 Å². The van der Waals surface area contributed by atoms with Crippen LogP contribution in [0.3, 0.4) is 0 Å². The van der Waals surface area contributed by atoms with Crippen LogP contribution in [-0.2, 0) is 38.1 Å². The summed E-state index contributed by atoms with van der Waals surface area (Å²) < 4.78 is 33.2. The van der Waals surface area contributed by atoms with Crippen molar-refractivity contribution in [3.05, 3.63) is 53.9 Å². The van der Waals surface area contributed by atoms with Crippen LogP contribution in [-0.4, -0.2) is 48.8 Å². The third-order valence-corrected chi connectivity index (χ3v) is 3.66. The Labute approximate surface area is 165 Å². The minimum absolute atomic E-state index is 0.410. The molecule has 0 bridgehead atoms. The van der Waals surface area contributed by atoms with Gasteiger partial charge in [0.2, 0.25) is 0 Å². The van der Waals surface area contributed by atoms with Gasteiger partial charge in [-0.05, 0) is 29.8 Å². The molecule has 1 aromatic carbocycles. The summed E-state index contributed by atoms with van der Waals surface area (Å²) in [5, 5.41) is 0. The maximum absolute atomic E-state index is 12.9. The van der Waals surface area contributed by atoms with Gasteiger partial charge in [0.05, 0.1) is 0 Å². The van der Waals surface area contributed by atoms with Crippen LogP contribution in [0.5, 0.6) is 0 Å². The number of carbonyl (C=O) groups is 4. The van der Waals surface area contributed by atoms with E-state index in [1.807, 2.05) is 0 Å². The maximum atomic E-state index is 12.9. The SMILES string of the molecule is CC(=O)O[C@@H]1C=CC(=O)O[C@@H]1[C@@H](COC(=O)/C=C/c1ccc(F)cc1)OC(C)=O. The molecule has 3 atom stereocenters. The van der Waals surface area contributed by atoms with Gasteiger partial charge >= 0.3 is 23.9 Å². The minimum atomic E-state index is -1.20. The molecule has 0 saturated carbocycles. The van der Waals surface area contributed by atoms with Crippen LogP contribution in [0.4, 0.5) is 4.39 Å². The molecule has 0 fully saturated rings. The summed E-state index contributed by atoms with van der Waals surface area (Å²) in [6.07, 6.45) is 1.49. The molecule has 1 heterocycles. The smallest absolute Gasteiger partial charge is 0.331 e. The topological polar surface area (TPSA) is 105 Å². The molecule has 1 aliphatic rings. The lowest BCUT2D eigenvalue weighted by atomic mass is 10.1. The summed E-state index contributed by atoms with van der Waals surface area (Å²) in [6, 6.07) is 5.42. The molecule has 0 N–H and O–H groups in total. The van der Waals surface area contributed by atoms with Crippen LogP contribution < -0.4 is 0 Å². The van der Waals surface area contributed by atoms with E-state index < -0.39 is 54.6 Å². The normalized spacial score (nSPS) is 19.3. The zero-order chi connectivity index (χ0) is 21.4. The highest BCUT2D eigenvalue weighted by Crippen LogP contribution is 2.19. The molecule has 1 aromatic rings. The molecular formula is C20H19FO8. The summed E-state index contributed by atoms with van der Waals surface area (Å²) in [6.45, 7) is 1.85. The van der Waals surface area contributed by atoms with Gasteiger partial charge in [-0.25, -0.2) is 14.0 Å². The van der Waals surface area contributed by atoms with Crippen LogP contribution in [0.15, 0.2) is 42.5 Å². The lowest BCUT2D eigenvalue weighted by molar-refractivity contribution is -0.185. The van der Waals surface area contributed by atoms with Gasteiger partial charge in [-0.15, -0.1) is 0 Å². The second kappa shape index (κ2) is 10.2. The largest absolute Gasteiger partial charge is 0.458 e. The van der Waals surface area contributed by atoms with Crippen molar-refractivity contribution in [1.82, 2.24) is 0 Å². The number of hydrogen-bond acceptors (Lipinski definition) is 8. The Bertz CT molecular complexity index is 827. The molecule has 29 heavy (non-hydrogen) atoms. The fourth-order valence-electron chi connectivity index (χ4n) is 2.47. The number of benzene rings is 1. The van der Waals surface area contributed by atoms with Crippen molar-refractivity contribution in [3.8, 4) is 0 Å². The first kappa shape index (κ1) is 21.8. The first-order chi connectivity index (χ1) is 13.7. The Morgan fingerprint density at radius 2 is 1.86 bits per heavy atom. The number of esters is 4. The summed E-state index contributed by atoms with van der Waals surface area (Å²) in [5.74, 6) is -3.25. The van der Waals surface area contributed by atoms with Crippen molar-refractivity contribution in [2.45, 2.75) is 32.2 Å². The van der Waals surface area contributed by atoms with Gasteiger partial charge in [-0.2, -0.15) is 0 Å². The predicted molar refractivity (Wildman–Crippen MR) is 96.5 cm³/mol. The highest BCUT2D eigenvalue weighted by molar-refractivity contribution is 5.87. The second-order valence-electron chi connectivity index (χ2n) is 6.00. The first-order valence-corrected chi connectivity index (χ1v) is 8.58. The van der Waals surface area contributed by atoms with Gasteiger partial charge in [0.15, 0.2) is 18.3 Å². The van der Waals surface area contributed by atoms with E-state index >= 15 is 0 Å². The monoisotopic (exact) mass is 406 g/mol. The Hall–Kier alpha value is -3.49. The first-order valence-electron chi connectivity index (χ1n) is 8.58. The quantitative estimate of drug-likeness (QED) is 0.383. The van der Waals surface area contributed by atoms with E-state index in [0.717, 1.165) is 19.1 Å². The highest BCUT2D eigenvalue weighted by atomic mass is 19.1. The molecule has 8 nitrogen and oxygen atoms in total. The molecule has 0 aromatic heterocycles. The van der Waals surface area contributed by atoms with E-state index in [0.29, 0.717) is 5.56 Å². The van der Waals surface area contributed by atoms with Crippen LogP contribution in [0, 0.1) is 5.82 Å².